The van der Waals surface area contributed by atoms with Crippen molar-refractivity contribution in [2.45, 2.75) is 5.32 Å². The van der Waals surface area contributed by atoms with Crippen LogP contribution < -0.4 is 4.46 Å². The van der Waals surface area contributed by atoms with Crippen LogP contribution in [-0.4, -0.2) is 35.6 Å². The van der Waals surface area contributed by atoms with Crippen LogP contribution in [0.25, 0.3) is 0 Å². The minimum absolute atomic E-state index is 0.342. The van der Waals surface area contributed by atoms with Crippen molar-refractivity contribution >= 4 is 31.0 Å². The second kappa shape index (κ2) is 4.55. The number of benzene rings is 1. The SMILES string of the molecule is Clc1ccc([Se]Cc2nn[nH]n2)cc1. The Bertz CT molecular complexity index is 386. The zero-order valence-corrected chi connectivity index (χ0v) is 9.61. The predicted octanol–water partition coefficient (Wildman–Crippen LogP) is 0.383. The van der Waals surface area contributed by atoms with Gasteiger partial charge in [0.15, 0.2) is 0 Å². The second-order valence-electron chi connectivity index (χ2n) is 2.57. The molecule has 0 fully saturated rings. The van der Waals surface area contributed by atoms with Gasteiger partial charge in [0.2, 0.25) is 0 Å². The van der Waals surface area contributed by atoms with Crippen LogP contribution in [0.2, 0.25) is 5.02 Å². The summed E-state index contributed by atoms with van der Waals surface area (Å²) in [6, 6.07) is 7.86. The number of H-pyrrole nitrogens is 1. The summed E-state index contributed by atoms with van der Waals surface area (Å²) in [5.74, 6) is 0.764. The van der Waals surface area contributed by atoms with Gasteiger partial charge < -0.3 is 0 Å². The van der Waals surface area contributed by atoms with E-state index in [4.69, 9.17) is 11.6 Å². The molecule has 72 valence electrons. The first-order valence-electron chi connectivity index (χ1n) is 3.95. The molecule has 0 aliphatic rings. The zero-order chi connectivity index (χ0) is 9.80. The number of nitrogens with zero attached hydrogens (tertiary/aromatic N) is 3. The van der Waals surface area contributed by atoms with Gasteiger partial charge in [-0.15, -0.1) is 0 Å². The molecular formula is C8H7ClN4Se. The van der Waals surface area contributed by atoms with Crippen molar-refractivity contribution in [3.05, 3.63) is 35.1 Å². The Labute approximate surface area is 92.2 Å². The monoisotopic (exact) mass is 274 g/mol. The van der Waals surface area contributed by atoms with Crippen molar-refractivity contribution in [2.75, 3.05) is 0 Å². The number of rotatable bonds is 3. The van der Waals surface area contributed by atoms with E-state index >= 15 is 0 Å². The number of halogens is 1. The summed E-state index contributed by atoms with van der Waals surface area (Å²) < 4.78 is 1.28. The molecule has 0 bridgehead atoms. The van der Waals surface area contributed by atoms with E-state index < -0.39 is 0 Å². The molecule has 6 heteroatoms. The molecule has 0 unspecified atom stereocenters. The van der Waals surface area contributed by atoms with Crippen molar-refractivity contribution in [2.24, 2.45) is 0 Å². The molecule has 0 spiro atoms. The molecule has 0 aliphatic carbocycles. The first kappa shape index (κ1) is 9.65. The summed E-state index contributed by atoms with van der Waals surface area (Å²) >= 11 is 6.12. The Kier molecular flexibility index (Phi) is 3.14. The van der Waals surface area contributed by atoms with E-state index in [1.165, 1.54) is 4.46 Å². The topological polar surface area (TPSA) is 54.5 Å². The van der Waals surface area contributed by atoms with E-state index in [1.807, 2.05) is 24.3 Å². The fourth-order valence-electron chi connectivity index (χ4n) is 0.922. The van der Waals surface area contributed by atoms with Gasteiger partial charge in [-0.2, -0.15) is 0 Å². The Morgan fingerprint density at radius 3 is 2.71 bits per heavy atom. The number of hydrogen-bond donors (Lipinski definition) is 1. The van der Waals surface area contributed by atoms with Gasteiger partial charge in [0, 0.05) is 0 Å². The normalized spacial score (nSPS) is 10.4. The van der Waals surface area contributed by atoms with Gasteiger partial charge in [0.05, 0.1) is 0 Å². The molecule has 0 aliphatic heterocycles. The summed E-state index contributed by atoms with van der Waals surface area (Å²) in [6.45, 7) is 0. The summed E-state index contributed by atoms with van der Waals surface area (Å²) in [7, 11) is 0. The molecule has 2 aromatic rings. The Morgan fingerprint density at radius 1 is 1.29 bits per heavy atom. The molecule has 1 aromatic heterocycles. The van der Waals surface area contributed by atoms with E-state index in [2.05, 4.69) is 20.6 Å². The quantitative estimate of drug-likeness (QED) is 0.823. The van der Waals surface area contributed by atoms with Crippen molar-refractivity contribution in [1.29, 1.82) is 0 Å². The minimum atomic E-state index is 0.342. The Balaban J connectivity index is 1.95. The average Bonchev–Trinajstić information content (AvgIpc) is 2.70. The van der Waals surface area contributed by atoms with Crippen molar-refractivity contribution in [3.8, 4) is 0 Å². The second-order valence-corrected chi connectivity index (χ2v) is 5.21. The number of nitrogens with one attached hydrogen (secondary N) is 1. The van der Waals surface area contributed by atoms with Crippen LogP contribution >= 0.6 is 11.6 Å². The fraction of sp³-hybridized carbons (Fsp3) is 0.125. The third-order valence-corrected chi connectivity index (χ3v) is 3.94. The summed E-state index contributed by atoms with van der Waals surface area (Å²) in [5.41, 5.74) is 0. The summed E-state index contributed by atoms with van der Waals surface area (Å²) in [6.07, 6.45) is 0. The number of hydrogen-bond acceptors (Lipinski definition) is 3. The van der Waals surface area contributed by atoms with Crippen LogP contribution in [0, 0.1) is 0 Å². The molecule has 1 heterocycles. The average molecular weight is 274 g/mol. The van der Waals surface area contributed by atoms with Gasteiger partial charge >= 0.3 is 92.1 Å². The molecule has 0 saturated heterocycles. The fourth-order valence-corrected chi connectivity index (χ4v) is 2.61. The first-order valence-corrected chi connectivity index (χ1v) is 6.40. The van der Waals surface area contributed by atoms with E-state index in [1.54, 1.807) is 0 Å². The number of tetrazole rings is 1. The molecule has 1 N–H and O–H groups in total. The maximum absolute atomic E-state index is 5.78. The van der Waals surface area contributed by atoms with Crippen molar-refractivity contribution in [1.82, 2.24) is 20.6 Å². The third kappa shape index (κ3) is 2.54. The molecule has 0 amide bonds. The standard InChI is InChI=1S/C8H7ClN4Se/c9-6-1-3-7(4-2-6)14-5-8-10-12-13-11-8/h1-4H,5H2,(H,10,11,12,13). The van der Waals surface area contributed by atoms with Crippen LogP contribution in [-0.2, 0) is 5.32 Å². The van der Waals surface area contributed by atoms with Crippen molar-refractivity contribution in [3.63, 3.8) is 0 Å². The molecule has 2 rings (SSSR count). The van der Waals surface area contributed by atoms with Gasteiger partial charge in [-0.1, -0.05) is 0 Å². The molecule has 14 heavy (non-hydrogen) atoms. The molecule has 0 radical (unpaired) electrons. The van der Waals surface area contributed by atoms with E-state index in [0.717, 1.165) is 16.2 Å². The van der Waals surface area contributed by atoms with Crippen LogP contribution in [0.3, 0.4) is 0 Å². The third-order valence-electron chi connectivity index (χ3n) is 1.57. The summed E-state index contributed by atoms with van der Waals surface area (Å²) in [5, 5.41) is 15.3. The van der Waals surface area contributed by atoms with Gasteiger partial charge in [-0.05, 0) is 0 Å². The van der Waals surface area contributed by atoms with Crippen LogP contribution in [0.15, 0.2) is 24.3 Å². The van der Waals surface area contributed by atoms with E-state index in [9.17, 15) is 0 Å². The Morgan fingerprint density at radius 2 is 2.07 bits per heavy atom. The van der Waals surface area contributed by atoms with Crippen molar-refractivity contribution < 1.29 is 0 Å². The van der Waals surface area contributed by atoms with Gasteiger partial charge in [0.25, 0.3) is 0 Å². The van der Waals surface area contributed by atoms with Crippen LogP contribution in [0.4, 0.5) is 0 Å². The van der Waals surface area contributed by atoms with Gasteiger partial charge in [-0.25, -0.2) is 0 Å². The molecular weight excluding hydrogens is 267 g/mol. The predicted molar refractivity (Wildman–Crippen MR) is 54.7 cm³/mol. The van der Waals surface area contributed by atoms with E-state index in [0.29, 0.717) is 15.0 Å². The molecule has 4 nitrogen and oxygen atoms in total. The van der Waals surface area contributed by atoms with Crippen LogP contribution in [0.5, 0.6) is 0 Å². The van der Waals surface area contributed by atoms with Gasteiger partial charge in [0.1, 0.15) is 0 Å². The van der Waals surface area contributed by atoms with E-state index in [-0.39, 0.29) is 0 Å². The number of aromatic nitrogens is 4. The first-order chi connectivity index (χ1) is 6.84. The number of aromatic amines is 1. The van der Waals surface area contributed by atoms with Gasteiger partial charge in [-0.3, -0.25) is 0 Å². The van der Waals surface area contributed by atoms with Crippen LogP contribution in [0.1, 0.15) is 5.82 Å². The molecule has 1 aromatic carbocycles. The molecule has 0 saturated carbocycles. The maximum atomic E-state index is 5.78. The summed E-state index contributed by atoms with van der Waals surface area (Å²) in [4.78, 5) is 0. The molecule has 0 atom stereocenters. The Hall–Kier alpha value is -0.901. The zero-order valence-electron chi connectivity index (χ0n) is 7.14.